The molecule has 1 amide bonds. The average Bonchev–Trinajstić information content (AvgIpc) is 3.59. The van der Waals surface area contributed by atoms with Crippen LogP contribution in [0.5, 0.6) is 5.75 Å². The number of tetrazole rings is 1. The largest absolute Gasteiger partial charge is 0.497 e. The van der Waals surface area contributed by atoms with Crippen LogP contribution in [-0.2, 0) is 7.05 Å². The van der Waals surface area contributed by atoms with E-state index in [-0.39, 0.29) is 11.9 Å². The van der Waals surface area contributed by atoms with E-state index in [9.17, 15) is 4.79 Å². The second-order valence-corrected chi connectivity index (χ2v) is 10.2. The molecule has 0 N–H and O–H groups in total. The monoisotopic (exact) mass is 525 g/mol. The number of ether oxygens (including phenoxy) is 1. The first-order valence-corrected chi connectivity index (χ1v) is 13.3. The lowest BCUT2D eigenvalue weighted by atomic mass is 10.0. The molecular weight excluding hydrogens is 498 g/mol. The zero-order valence-electron chi connectivity index (χ0n) is 21.2. The Morgan fingerprint density at radius 1 is 0.974 bits per heavy atom. The summed E-state index contributed by atoms with van der Waals surface area (Å²) < 4.78 is 6.40. The van der Waals surface area contributed by atoms with E-state index in [1.165, 1.54) is 4.80 Å². The number of aryl methyl sites for hydroxylation is 1. The van der Waals surface area contributed by atoms with Crippen molar-refractivity contribution in [3.63, 3.8) is 0 Å². The van der Waals surface area contributed by atoms with Crippen LogP contribution in [0.15, 0.2) is 72.8 Å². The Labute approximate surface area is 224 Å². The quantitative estimate of drug-likeness (QED) is 0.331. The number of methoxy groups -OCH3 is 1. The smallest absolute Gasteiger partial charge is 0.253 e. The number of piperazine rings is 1. The predicted molar refractivity (Wildman–Crippen MR) is 146 cm³/mol. The fourth-order valence-corrected chi connectivity index (χ4v) is 5.86. The lowest BCUT2D eigenvalue weighted by molar-refractivity contribution is 0.0592. The van der Waals surface area contributed by atoms with Gasteiger partial charge in [0.2, 0.25) is 0 Å². The van der Waals surface area contributed by atoms with Crippen LogP contribution in [0.1, 0.15) is 27.8 Å². The third kappa shape index (κ3) is 4.75. The maximum atomic E-state index is 13.5. The van der Waals surface area contributed by atoms with Gasteiger partial charge < -0.3 is 9.64 Å². The summed E-state index contributed by atoms with van der Waals surface area (Å²) in [6.07, 6.45) is 0. The third-order valence-electron chi connectivity index (χ3n) is 6.80. The van der Waals surface area contributed by atoms with Gasteiger partial charge in [0, 0.05) is 37.3 Å². The lowest BCUT2D eigenvalue weighted by Crippen LogP contribution is -2.50. The minimum Gasteiger partial charge on any atom is -0.497 e. The van der Waals surface area contributed by atoms with Gasteiger partial charge in [0.1, 0.15) is 10.8 Å². The topological polar surface area (TPSA) is 89.3 Å². The van der Waals surface area contributed by atoms with Crippen molar-refractivity contribution in [1.29, 1.82) is 0 Å². The number of hydrogen-bond acceptors (Lipinski definition) is 8. The van der Waals surface area contributed by atoms with E-state index in [2.05, 4.69) is 32.4 Å². The van der Waals surface area contributed by atoms with E-state index in [1.807, 2.05) is 65.6 Å². The van der Waals surface area contributed by atoms with Crippen molar-refractivity contribution < 1.29 is 9.53 Å². The molecule has 1 saturated heterocycles. The summed E-state index contributed by atoms with van der Waals surface area (Å²) in [7, 11) is 3.43. The molecule has 0 unspecified atom stereocenters. The summed E-state index contributed by atoms with van der Waals surface area (Å²) in [5.74, 6) is 1.50. The zero-order chi connectivity index (χ0) is 26.1. The van der Waals surface area contributed by atoms with Crippen molar-refractivity contribution in [1.82, 2.24) is 35.0 Å². The molecule has 1 aliphatic rings. The van der Waals surface area contributed by atoms with Crippen LogP contribution in [0.3, 0.4) is 0 Å². The first kappa shape index (κ1) is 24.2. The molecule has 0 radical (unpaired) electrons. The molecule has 9 nitrogen and oxygen atoms in total. The molecule has 10 heteroatoms. The second-order valence-electron chi connectivity index (χ2n) is 9.21. The van der Waals surface area contributed by atoms with Crippen LogP contribution < -0.4 is 4.74 Å². The minimum absolute atomic E-state index is 0.0307. The van der Waals surface area contributed by atoms with Gasteiger partial charge in [-0.05, 0) is 41.1 Å². The van der Waals surface area contributed by atoms with Gasteiger partial charge in [-0.15, -0.1) is 21.5 Å². The first-order chi connectivity index (χ1) is 18.6. The van der Waals surface area contributed by atoms with E-state index in [1.54, 1.807) is 25.5 Å². The summed E-state index contributed by atoms with van der Waals surface area (Å²) in [5, 5.41) is 13.7. The summed E-state index contributed by atoms with van der Waals surface area (Å²) in [6, 6.07) is 23.7. The van der Waals surface area contributed by atoms with E-state index >= 15 is 0 Å². The molecule has 0 aliphatic carbocycles. The summed E-state index contributed by atoms with van der Waals surface area (Å²) in [5.41, 5.74) is 3.64. The molecule has 1 fully saturated rings. The van der Waals surface area contributed by atoms with Gasteiger partial charge in [0.15, 0.2) is 5.82 Å². The van der Waals surface area contributed by atoms with Gasteiger partial charge in [-0.1, -0.05) is 42.5 Å². The van der Waals surface area contributed by atoms with Crippen molar-refractivity contribution in [3.05, 3.63) is 89.7 Å². The number of aromatic nitrogens is 5. The van der Waals surface area contributed by atoms with E-state index in [0.717, 1.165) is 32.1 Å². The van der Waals surface area contributed by atoms with Crippen LogP contribution in [0.25, 0.3) is 20.8 Å². The van der Waals surface area contributed by atoms with Crippen LogP contribution in [0.2, 0.25) is 0 Å². The summed E-state index contributed by atoms with van der Waals surface area (Å²) in [4.78, 5) is 24.0. The Bertz CT molecular complexity index is 1570. The fraction of sp³-hybridized carbons (Fsp3) is 0.250. The minimum atomic E-state index is -0.108. The maximum Gasteiger partial charge on any atom is 0.253 e. The molecule has 3 aromatic carbocycles. The first-order valence-electron chi connectivity index (χ1n) is 12.5. The zero-order valence-corrected chi connectivity index (χ0v) is 22.0. The van der Waals surface area contributed by atoms with Crippen LogP contribution in [0, 0.1) is 0 Å². The Morgan fingerprint density at radius 3 is 2.53 bits per heavy atom. The normalized spacial score (nSPS) is 15.1. The van der Waals surface area contributed by atoms with Gasteiger partial charge >= 0.3 is 0 Å². The van der Waals surface area contributed by atoms with Gasteiger partial charge in [-0.25, -0.2) is 4.98 Å². The number of amides is 1. The maximum absolute atomic E-state index is 13.5. The van der Waals surface area contributed by atoms with Crippen molar-refractivity contribution in [2.24, 2.45) is 7.05 Å². The molecule has 6 rings (SSSR count). The number of thiazole rings is 1. The van der Waals surface area contributed by atoms with Crippen molar-refractivity contribution >= 4 is 27.5 Å². The molecule has 192 valence electrons. The van der Waals surface area contributed by atoms with Gasteiger partial charge in [0.05, 0.1) is 30.4 Å². The number of carbonyl (C=O) groups is 1. The lowest BCUT2D eigenvalue weighted by Gasteiger charge is -2.38. The number of nitrogens with zero attached hydrogens (tertiary/aromatic N) is 7. The van der Waals surface area contributed by atoms with E-state index in [4.69, 9.17) is 9.72 Å². The molecule has 1 atom stereocenters. The number of hydrogen-bond donors (Lipinski definition) is 0. The molecule has 0 spiro atoms. The predicted octanol–water partition coefficient (Wildman–Crippen LogP) is 4.04. The number of benzene rings is 3. The second kappa shape index (κ2) is 10.3. The van der Waals surface area contributed by atoms with E-state index < -0.39 is 0 Å². The SMILES string of the molecule is COc1ccc2nc(-c3cccc(C(=O)N4CCN([C@H](c5ccccc5)c5nnn(C)n5)CC4)c3)sc2c1. The molecule has 0 bridgehead atoms. The van der Waals surface area contributed by atoms with E-state index in [0.29, 0.717) is 37.6 Å². The number of rotatable bonds is 6. The highest BCUT2D eigenvalue weighted by molar-refractivity contribution is 7.21. The summed E-state index contributed by atoms with van der Waals surface area (Å²) in [6.45, 7) is 2.66. The standard InChI is InChI=1S/C28H27N7O2S/c1-33-31-26(30-32-33)25(19-7-4-3-5-8-19)34-13-15-35(16-14-34)28(36)21-10-6-9-20(17-21)27-29-23-12-11-22(37-2)18-24(23)38-27/h3-12,17-18,25H,13-16H2,1-2H3/t25-/m1/s1. The van der Waals surface area contributed by atoms with Crippen LogP contribution in [0.4, 0.5) is 0 Å². The van der Waals surface area contributed by atoms with Crippen molar-refractivity contribution in [2.45, 2.75) is 6.04 Å². The Kier molecular flexibility index (Phi) is 6.57. The number of carbonyl (C=O) groups excluding carboxylic acids is 1. The molecule has 0 saturated carbocycles. The number of fused-ring (bicyclic) bond motifs is 1. The Balaban J connectivity index is 1.19. The third-order valence-corrected chi connectivity index (χ3v) is 7.87. The molecule has 5 aromatic rings. The molecule has 3 heterocycles. The molecule has 2 aromatic heterocycles. The Hall–Kier alpha value is -4.15. The van der Waals surface area contributed by atoms with Gasteiger partial charge in [-0.3, -0.25) is 9.69 Å². The highest BCUT2D eigenvalue weighted by Gasteiger charge is 2.31. The molecule has 1 aliphatic heterocycles. The average molecular weight is 526 g/mol. The molecule has 38 heavy (non-hydrogen) atoms. The van der Waals surface area contributed by atoms with Crippen LogP contribution in [-0.4, -0.2) is 74.2 Å². The van der Waals surface area contributed by atoms with Crippen LogP contribution >= 0.6 is 11.3 Å². The van der Waals surface area contributed by atoms with Gasteiger partial charge in [0.25, 0.3) is 5.91 Å². The van der Waals surface area contributed by atoms with Crippen molar-refractivity contribution in [3.8, 4) is 16.3 Å². The Morgan fingerprint density at radius 2 is 1.79 bits per heavy atom. The summed E-state index contributed by atoms with van der Waals surface area (Å²) >= 11 is 1.60. The van der Waals surface area contributed by atoms with Gasteiger partial charge in [-0.2, -0.15) is 4.80 Å². The highest BCUT2D eigenvalue weighted by Crippen LogP contribution is 2.33. The van der Waals surface area contributed by atoms with Crippen molar-refractivity contribution in [2.75, 3.05) is 33.3 Å². The highest BCUT2D eigenvalue weighted by atomic mass is 32.1. The molecular formula is C28H27N7O2S. The fourth-order valence-electron chi connectivity index (χ4n) is 4.87.